The molecule has 1 aliphatic heterocycles. The molecule has 2 rings (SSSR count). The summed E-state index contributed by atoms with van der Waals surface area (Å²) in [6.45, 7) is 3.35. The van der Waals surface area contributed by atoms with Crippen LogP contribution in [0.15, 0.2) is 0 Å². The van der Waals surface area contributed by atoms with Crippen LogP contribution in [0.2, 0.25) is 0 Å². The second-order valence-electron chi connectivity index (χ2n) is 6.62. The summed E-state index contributed by atoms with van der Waals surface area (Å²) >= 11 is 0. The van der Waals surface area contributed by atoms with Gasteiger partial charge in [0.15, 0.2) is 0 Å². The van der Waals surface area contributed by atoms with Crippen molar-refractivity contribution in [2.24, 2.45) is 0 Å². The number of nitrogens with one attached hydrogen (secondary N) is 1. The summed E-state index contributed by atoms with van der Waals surface area (Å²) in [5.41, 5.74) is 0. The van der Waals surface area contributed by atoms with Gasteiger partial charge in [-0.1, -0.05) is 12.8 Å². The largest absolute Gasteiger partial charge is 0.391 e. The van der Waals surface area contributed by atoms with Gasteiger partial charge in [0.2, 0.25) is 0 Å². The number of nitrogens with zero attached hydrogens (tertiary/aromatic N) is 1. The van der Waals surface area contributed by atoms with E-state index in [1.807, 2.05) is 0 Å². The molecular weight excluding hydrogens is 281 g/mol. The van der Waals surface area contributed by atoms with E-state index in [9.17, 15) is 18.3 Å². The molecule has 2 N–H and O–H groups in total. The van der Waals surface area contributed by atoms with Crippen molar-refractivity contribution in [3.8, 4) is 0 Å². The van der Waals surface area contributed by atoms with Crippen molar-refractivity contribution in [1.29, 1.82) is 0 Å². The molecule has 1 heterocycles. The zero-order valence-corrected chi connectivity index (χ0v) is 12.7. The maximum atomic E-state index is 12.3. The topological polar surface area (TPSA) is 35.5 Å². The summed E-state index contributed by atoms with van der Waals surface area (Å²) in [5.74, 6) is 0. The molecule has 0 aromatic carbocycles. The number of hydrogen-bond donors (Lipinski definition) is 2. The molecule has 2 aliphatic rings. The van der Waals surface area contributed by atoms with E-state index >= 15 is 0 Å². The molecule has 0 spiro atoms. The summed E-state index contributed by atoms with van der Waals surface area (Å²) < 4.78 is 37.0. The minimum atomic E-state index is -4.10. The highest BCUT2D eigenvalue weighted by Gasteiger charge is 2.33. The van der Waals surface area contributed by atoms with Crippen LogP contribution in [-0.2, 0) is 0 Å². The molecule has 2 fully saturated rings. The molecule has 3 atom stereocenters. The smallest absolute Gasteiger partial charge is 0.390 e. The molecule has 0 aromatic heterocycles. The van der Waals surface area contributed by atoms with Gasteiger partial charge in [-0.3, -0.25) is 4.90 Å². The molecule has 1 saturated carbocycles. The number of piperidine rings is 1. The third-order valence-corrected chi connectivity index (χ3v) is 4.75. The fourth-order valence-electron chi connectivity index (χ4n) is 3.72. The highest BCUT2D eigenvalue weighted by Crippen LogP contribution is 2.26. The van der Waals surface area contributed by atoms with E-state index in [0.717, 1.165) is 45.2 Å². The summed E-state index contributed by atoms with van der Waals surface area (Å²) in [4.78, 5) is 2.33. The Bertz CT molecular complexity index is 317. The molecule has 0 amide bonds. The number of likely N-dealkylation sites (tertiary alicyclic amines) is 1. The Morgan fingerprint density at radius 1 is 1.14 bits per heavy atom. The normalized spacial score (nSPS) is 31.3. The number of aliphatic hydroxyl groups is 1. The molecule has 21 heavy (non-hydrogen) atoms. The van der Waals surface area contributed by atoms with Crippen molar-refractivity contribution in [2.75, 3.05) is 13.1 Å². The lowest BCUT2D eigenvalue weighted by molar-refractivity contribution is -0.139. The van der Waals surface area contributed by atoms with Gasteiger partial charge in [0.1, 0.15) is 0 Å². The molecule has 0 radical (unpaired) electrons. The fraction of sp³-hybridized carbons (Fsp3) is 1.00. The molecule has 0 bridgehead atoms. The molecular formula is C15H27F3N2O. The van der Waals surface area contributed by atoms with Crippen LogP contribution in [0.5, 0.6) is 0 Å². The van der Waals surface area contributed by atoms with Crippen molar-refractivity contribution >= 4 is 0 Å². The van der Waals surface area contributed by atoms with E-state index < -0.39 is 18.6 Å². The van der Waals surface area contributed by atoms with Crippen molar-refractivity contribution in [2.45, 2.75) is 82.3 Å². The monoisotopic (exact) mass is 308 g/mol. The van der Waals surface area contributed by atoms with Crippen LogP contribution in [0, 0.1) is 0 Å². The van der Waals surface area contributed by atoms with Gasteiger partial charge in [-0.2, -0.15) is 13.2 Å². The molecule has 124 valence electrons. The summed E-state index contributed by atoms with van der Waals surface area (Å²) in [6, 6.07) is -0.103. The zero-order valence-electron chi connectivity index (χ0n) is 12.7. The van der Waals surface area contributed by atoms with Crippen molar-refractivity contribution in [1.82, 2.24) is 10.2 Å². The van der Waals surface area contributed by atoms with E-state index in [1.165, 1.54) is 6.42 Å². The maximum absolute atomic E-state index is 12.3. The number of rotatable bonds is 4. The SMILES string of the molecule is CC(CC(F)(F)F)NC1CCN(C2CCCCC2O)CC1. The standard InChI is InChI=1S/C15H27F3N2O/c1-11(10-15(16,17)18)19-12-6-8-20(9-7-12)13-4-2-3-5-14(13)21/h11-14,19,21H,2-10H2,1H3. The summed E-state index contributed by atoms with van der Waals surface area (Å²) in [5, 5.41) is 13.2. The maximum Gasteiger partial charge on any atom is 0.390 e. The molecule has 1 aliphatic carbocycles. The van der Waals surface area contributed by atoms with E-state index in [4.69, 9.17) is 0 Å². The minimum absolute atomic E-state index is 0.166. The van der Waals surface area contributed by atoms with E-state index in [0.29, 0.717) is 0 Å². The van der Waals surface area contributed by atoms with E-state index in [-0.39, 0.29) is 18.2 Å². The quantitative estimate of drug-likeness (QED) is 0.838. The Balaban J connectivity index is 1.73. The number of aliphatic hydroxyl groups excluding tert-OH is 1. The van der Waals surface area contributed by atoms with Gasteiger partial charge in [-0.25, -0.2) is 0 Å². The minimum Gasteiger partial charge on any atom is -0.391 e. The van der Waals surface area contributed by atoms with Crippen LogP contribution in [-0.4, -0.2) is 53.5 Å². The van der Waals surface area contributed by atoms with Gasteiger partial charge >= 0.3 is 6.18 Å². The van der Waals surface area contributed by atoms with Crippen LogP contribution in [0.25, 0.3) is 0 Å². The summed E-state index contributed by atoms with van der Waals surface area (Å²) in [7, 11) is 0. The van der Waals surface area contributed by atoms with E-state index in [2.05, 4.69) is 10.2 Å². The van der Waals surface area contributed by atoms with Crippen LogP contribution < -0.4 is 5.32 Å². The third kappa shape index (κ3) is 5.42. The van der Waals surface area contributed by atoms with Gasteiger partial charge in [0.05, 0.1) is 12.5 Å². The van der Waals surface area contributed by atoms with Gasteiger partial charge < -0.3 is 10.4 Å². The molecule has 6 heteroatoms. The number of hydrogen-bond acceptors (Lipinski definition) is 3. The van der Waals surface area contributed by atoms with Gasteiger partial charge in [0, 0.05) is 31.2 Å². The fourth-order valence-corrected chi connectivity index (χ4v) is 3.72. The third-order valence-electron chi connectivity index (χ3n) is 4.75. The Morgan fingerprint density at radius 2 is 1.76 bits per heavy atom. The van der Waals surface area contributed by atoms with Crippen LogP contribution >= 0.6 is 0 Å². The van der Waals surface area contributed by atoms with Crippen LogP contribution in [0.4, 0.5) is 13.2 Å². The van der Waals surface area contributed by atoms with Crippen molar-refractivity contribution in [3.05, 3.63) is 0 Å². The lowest BCUT2D eigenvalue weighted by Crippen LogP contribution is -2.52. The van der Waals surface area contributed by atoms with Gasteiger partial charge in [0.25, 0.3) is 0 Å². The Labute approximate surface area is 124 Å². The van der Waals surface area contributed by atoms with Crippen LogP contribution in [0.1, 0.15) is 51.9 Å². The first-order chi connectivity index (χ1) is 9.85. The van der Waals surface area contributed by atoms with Gasteiger partial charge in [-0.05, 0) is 32.6 Å². The van der Waals surface area contributed by atoms with Gasteiger partial charge in [-0.15, -0.1) is 0 Å². The number of alkyl halides is 3. The first-order valence-electron chi connectivity index (χ1n) is 8.10. The van der Waals surface area contributed by atoms with Crippen LogP contribution in [0.3, 0.4) is 0 Å². The lowest BCUT2D eigenvalue weighted by atomic mass is 9.89. The first kappa shape index (κ1) is 17.0. The highest BCUT2D eigenvalue weighted by atomic mass is 19.4. The predicted molar refractivity (Wildman–Crippen MR) is 76.1 cm³/mol. The Kier molecular flexibility index (Phi) is 5.91. The molecule has 1 saturated heterocycles. The number of halogens is 3. The second kappa shape index (κ2) is 7.29. The Hall–Kier alpha value is -0.330. The molecule has 3 unspecified atom stereocenters. The van der Waals surface area contributed by atoms with Crippen molar-refractivity contribution in [3.63, 3.8) is 0 Å². The lowest BCUT2D eigenvalue weighted by Gasteiger charge is -2.42. The average molecular weight is 308 g/mol. The second-order valence-corrected chi connectivity index (χ2v) is 6.62. The average Bonchev–Trinajstić information content (AvgIpc) is 2.38. The zero-order chi connectivity index (χ0) is 15.5. The van der Waals surface area contributed by atoms with E-state index in [1.54, 1.807) is 6.92 Å². The van der Waals surface area contributed by atoms with Crippen molar-refractivity contribution < 1.29 is 18.3 Å². The molecule has 3 nitrogen and oxygen atoms in total. The summed E-state index contributed by atoms with van der Waals surface area (Å²) in [6.07, 6.45) is 0.833. The first-order valence-corrected chi connectivity index (χ1v) is 8.10. The highest BCUT2D eigenvalue weighted by molar-refractivity contribution is 4.88. The molecule has 0 aromatic rings. The predicted octanol–water partition coefficient (Wildman–Crippen LogP) is 2.68. The Morgan fingerprint density at radius 3 is 2.33 bits per heavy atom.